The lowest BCUT2D eigenvalue weighted by molar-refractivity contribution is -0.224. The van der Waals surface area contributed by atoms with Crippen molar-refractivity contribution in [2.45, 2.75) is 26.1 Å². The monoisotopic (exact) mass is 200 g/mol. The van der Waals surface area contributed by atoms with Crippen LogP contribution in [-0.2, 0) is 9.47 Å². The van der Waals surface area contributed by atoms with Crippen LogP contribution in [0.5, 0.6) is 0 Å². The minimum Gasteiger partial charge on any atom is -0.344 e. The van der Waals surface area contributed by atoms with Gasteiger partial charge in [0.2, 0.25) is 0 Å². The van der Waals surface area contributed by atoms with Gasteiger partial charge in [0.05, 0.1) is 0 Å². The number of hydrogen-bond donors (Lipinski definition) is 0. The molecular formula is C6H12N6O2. The molecule has 0 spiro atoms. The maximum absolute atomic E-state index is 8.02. The third-order valence-electron chi connectivity index (χ3n) is 1.62. The van der Waals surface area contributed by atoms with E-state index in [1.165, 1.54) is 0 Å². The Morgan fingerprint density at radius 2 is 1.57 bits per heavy atom. The fraction of sp³-hybridized carbons (Fsp3) is 1.00. The smallest absolute Gasteiger partial charge is 0.165 e. The van der Waals surface area contributed by atoms with Crippen molar-refractivity contribution in [3.63, 3.8) is 0 Å². The SMILES string of the molecule is CCC(C)(OCN=[N+]=[N-])OCN=[N+]=[N-]. The lowest BCUT2D eigenvalue weighted by atomic mass is 10.2. The van der Waals surface area contributed by atoms with Gasteiger partial charge in [-0.15, -0.1) is 0 Å². The fourth-order valence-corrected chi connectivity index (χ4v) is 0.628. The lowest BCUT2D eigenvalue weighted by Crippen LogP contribution is -2.31. The number of ether oxygens (including phenoxy) is 2. The highest BCUT2D eigenvalue weighted by molar-refractivity contribution is 4.59. The van der Waals surface area contributed by atoms with Gasteiger partial charge in [0.1, 0.15) is 13.5 Å². The summed E-state index contributed by atoms with van der Waals surface area (Å²) in [6.07, 6.45) is 0.550. The van der Waals surface area contributed by atoms with Gasteiger partial charge in [0.25, 0.3) is 0 Å². The Kier molecular flexibility index (Phi) is 6.26. The molecule has 14 heavy (non-hydrogen) atoms. The summed E-state index contributed by atoms with van der Waals surface area (Å²) < 4.78 is 10.3. The molecule has 8 nitrogen and oxygen atoms in total. The molecule has 0 aliphatic rings. The van der Waals surface area contributed by atoms with E-state index >= 15 is 0 Å². The van der Waals surface area contributed by atoms with Crippen molar-refractivity contribution in [2.75, 3.05) is 13.5 Å². The Hall–Kier alpha value is -1.46. The first-order chi connectivity index (χ1) is 6.68. The average Bonchev–Trinajstić information content (AvgIpc) is 2.19. The van der Waals surface area contributed by atoms with Crippen LogP contribution in [0.2, 0.25) is 0 Å². The van der Waals surface area contributed by atoms with Crippen LogP contribution < -0.4 is 0 Å². The molecule has 0 aromatic carbocycles. The molecule has 0 saturated heterocycles. The Balaban J connectivity index is 4.02. The van der Waals surface area contributed by atoms with Gasteiger partial charge in [-0.3, -0.25) is 0 Å². The number of azide groups is 2. The van der Waals surface area contributed by atoms with Crippen molar-refractivity contribution in [3.8, 4) is 0 Å². The number of hydrogen-bond acceptors (Lipinski definition) is 4. The molecular weight excluding hydrogens is 188 g/mol. The highest BCUT2D eigenvalue weighted by atomic mass is 16.7. The summed E-state index contributed by atoms with van der Waals surface area (Å²) in [5.74, 6) is -0.887. The van der Waals surface area contributed by atoms with Crippen LogP contribution in [0.4, 0.5) is 0 Å². The zero-order valence-electron chi connectivity index (χ0n) is 8.12. The molecule has 0 aromatic rings. The molecule has 0 atom stereocenters. The molecule has 0 aliphatic carbocycles. The third-order valence-corrected chi connectivity index (χ3v) is 1.62. The van der Waals surface area contributed by atoms with Crippen molar-refractivity contribution in [1.29, 1.82) is 0 Å². The van der Waals surface area contributed by atoms with Crippen molar-refractivity contribution >= 4 is 0 Å². The minimum absolute atomic E-state index is 0.114. The largest absolute Gasteiger partial charge is 0.344 e. The maximum Gasteiger partial charge on any atom is 0.165 e. The normalized spacial score (nSPS) is 13.6. The van der Waals surface area contributed by atoms with E-state index in [1.54, 1.807) is 6.92 Å². The number of nitrogens with zero attached hydrogens (tertiary/aromatic N) is 6. The Morgan fingerprint density at radius 1 is 1.14 bits per heavy atom. The summed E-state index contributed by atoms with van der Waals surface area (Å²) in [4.78, 5) is 5.06. The van der Waals surface area contributed by atoms with Crippen LogP contribution in [0.25, 0.3) is 20.9 Å². The zero-order chi connectivity index (χ0) is 10.9. The summed E-state index contributed by atoms with van der Waals surface area (Å²) in [7, 11) is 0. The molecule has 0 aromatic heterocycles. The highest BCUT2D eigenvalue weighted by Crippen LogP contribution is 2.16. The molecule has 0 aliphatic heterocycles. The van der Waals surface area contributed by atoms with Crippen molar-refractivity contribution in [1.82, 2.24) is 0 Å². The topological polar surface area (TPSA) is 116 Å². The summed E-state index contributed by atoms with van der Waals surface area (Å²) in [5, 5.41) is 6.42. The first-order valence-electron chi connectivity index (χ1n) is 3.98. The first kappa shape index (κ1) is 12.5. The van der Waals surface area contributed by atoms with Crippen LogP contribution >= 0.6 is 0 Å². The predicted molar refractivity (Wildman–Crippen MR) is 48.9 cm³/mol. The summed E-state index contributed by atoms with van der Waals surface area (Å²) in [6, 6.07) is 0. The second kappa shape index (κ2) is 6.99. The van der Waals surface area contributed by atoms with Crippen LogP contribution in [0, 0.1) is 0 Å². The molecule has 8 heteroatoms. The van der Waals surface area contributed by atoms with Crippen LogP contribution in [0.1, 0.15) is 20.3 Å². The van der Waals surface area contributed by atoms with E-state index in [4.69, 9.17) is 20.5 Å². The van der Waals surface area contributed by atoms with Gasteiger partial charge in [-0.05, 0) is 24.4 Å². The van der Waals surface area contributed by atoms with Crippen molar-refractivity contribution in [3.05, 3.63) is 20.9 Å². The van der Waals surface area contributed by atoms with Gasteiger partial charge >= 0.3 is 0 Å². The second-order valence-electron chi connectivity index (χ2n) is 2.50. The van der Waals surface area contributed by atoms with E-state index in [0.29, 0.717) is 6.42 Å². The molecule has 0 unspecified atom stereocenters. The highest BCUT2D eigenvalue weighted by Gasteiger charge is 2.22. The molecule has 0 heterocycles. The Morgan fingerprint density at radius 3 is 1.86 bits per heavy atom. The molecule has 0 bridgehead atoms. The van der Waals surface area contributed by atoms with Gasteiger partial charge in [-0.2, -0.15) is 0 Å². The number of rotatable bonds is 7. The van der Waals surface area contributed by atoms with Gasteiger partial charge in [-0.25, -0.2) is 0 Å². The van der Waals surface area contributed by atoms with Crippen LogP contribution in [0.3, 0.4) is 0 Å². The van der Waals surface area contributed by atoms with E-state index < -0.39 is 5.79 Å². The molecule has 0 radical (unpaired) electrons. The van der Waals surface area contributed by atoms with Gasteiger partial charge in [0.15, 0.2) is 5.79 Å². The van der Waals surface area contributed by atoms with Crippen LogP contribution in [0.15, 0.2) is 10.2 Å². The van der Waals surface area contributed by atoms with E-state index in [0.717, 1.165) is 0 Å². The lowest BCUT2D eigenvalue weighted by Gasteiger charge is -2.27. The van der Waals surface area contributed by atoms with E-state index in [9.17, 15) is 0 Å². The molecule has 78 valence electrons. The Bertz CT molecular complexity index is 233. The minimum atomic E-state index is -0.887. The first-order valence-corrected chi connectivity index (χ1v) is 3.98. The standard InChI is InChI=1S/C6H12N6O2/c1-3-6(2,13-4-9-11-7)14-5-10-12-8/h3-5H2,1-2H3. The quantitative estimate of drug-likeness (QED) is 0.272. The molecule has 0 fully saturated rings. The van der Waals surface area contributed by atoms with Crippen molar-refractivity contribution in [2.24, 2.45) is 10.2 Å². The Labute approximate surface area is 81.1 Å². The molecule has 0 amide bonds. The summed E-state index contributed by atoms with van der Waals surface area (Å²) >= 11 is 0. The fourth-order valence-electron chi connectivity index (χ4n) is 0.628. The van der Waals surface area contributed by atoms with Crippen molar-refractivity contribution < 1.29 is 9.47 Å². The molecule has 0 saturated carbocycles. The van der Waals surface area contributed by atoms with Gasteiger partial charge < -0.3 is 9.47 Å². The predicted octanol–water partition coefficient (Wildman–Crippen LogP) is 2.68. The van der Waals surface area contributed by atoms with Gasteiger partial charge in [0, 0.05) is 9.82 Å². The average molecular weight is 200 g/mol. The van der Waals surface area contributed by atoms with E-state index in [-0.39, 0.29) is 13.5 Å². The third kappa shape index (κ3) is 5.23. The maximum atomic E-state index is 8.02. The zero-order valence-corrected chi connectivity index (χ0v) is 8.12. The summed E-state index contributed by atoms with van der Waals surface area (Å²) in [6.45, 7) is 3.28. The van der Waals surface area contributed by atoms with E-state index in [2.05, 4.69) is 20.1 Å². The van der Waals surface area contributed by atoms with Crippen LogP contribution in [-0.4, -0.2) is 19.2 Å². The van der Waals surface area contributed by atoms with E-state index in [1.807, 2.05) is 6.92 Å². The molecule has 0 N–H and O–H groups in total. The second-order valence-corrected chi connectivity index (χ2v) is 2.50. The molecule has 0 rings (SSSR count). The summed E-state index contributed by atoms with van der Waals surface area (Å²) in [5.41, 5.74) is 16.0. The van der Waals surface area contributed by atoms with Gasteiger partial charge in [-0.1, -0.05) is 17.2 Å².